The minimum atomic E-state index is -0.825. The van der Waals surface area contributed by atoms with Crippen molar-refractivity contribution < 1.29 is 19.1 Å². The summed E-state index contributed by atoms with van der Waals surface area (Å²) in [6.45, 7) is 13.1. The molecule has 0 unspecified atom stereocenters. The summed E-state index contributed by atoms with van der Waals surface area (Å²) in [7, 11) is 2.13. The number of amides is 2. The zero-order chi connectivity index (χ0) is 21.5. The number of rotatable bonds is 4. The summed E-state index contributed by atoms with van der Waals surface area (Å²) < 4.78 is 10.6. The Labute approximate surface area is 169 Å². The van der Waals surface area contributed by atoms with Gasteiger partial charge in [-0.2, -0.15) is 0 Å². The standard InChI is InChI=1S/C20H38N4O4/c1-19(2,3)27-17(25)22-16(21)24(18(26)28-20(4,5)6)12-8-9-15-10-13-23(7)14-11-15/h15H,8-14H2,1-7H3,(H2,21,22,25). The maximum Gasteiger partial charge on any atom is 0.437 e. The van der Waals surface area contributed by atoms with E-state index in [4.69, 9.17) is 15.2 Å². The first-order valence-corrected chi connectivity index (χ1v) is 10.0. The van der Waals surface area contributed by atoms with E-state index in [1.807, 2.05) is 0 Å². The smallest absolute Gasteiger partial charge is 0.437 e. The molecule has 1 saturated heterocycles. The number of likely N-dealkylation sites (tertiary alicyclic amines) is 1. The molecule has 1 aliphatic rings. The van der Waals surface area contributed by atoms with Crippen molar-refractivity contribution in [1.82, 2.24) is 9.80 Å². The lowest BCUT2D eigenvalue weighted by Crippen LogP contribution is -2.46. The van der Waals surface area contributed by atoms with Crippen molar-refractivity contribution in [3.8, 4) is 0 Å². The number of piperidine rings is 1. The monoisotopic (exact) mass is 398 g/mol. The fourth-order valence-corrected chi connectivity index (χ4v) is 2.94. The van der Waals surface area contributed by atoms with Crippen molar-refractivity contribution in [1.29, 1.82) is 0 Å². The van der Waals surface area contributed by atoms with E-state index in [1.54, 1.807) is 41.5 Å². The van der Waals surface area contributed by atoms with Crippen LogP contribution < -0.4 is 5.73 Å². The maximum absolute atomic E-state index is 12.6. The minimum Gasteiger partial charge on any atom is -0.443 e. The number of aliphatic imine (C=N–C) groups is 1. The molecule has 0 aromatic rings. The third-order valence-electron chi connectivity index (χ3n) is 4.32. The van der Waals surface area contributed by atoms with Gasteiger partial charge in [-0.05, 0) is 93.3 Å². The lowest BCUT2D eigenvalue weighted by atomic mass is 9.92. The Kier molecular flexibility index (Phi) is 8.73. The van der Waals surface area contributed by atoms with Crippen molar-refractivity contribution in [2.75, 3.05) is 26.7 Å². The van der Waals surface area contributed by atoms with E-state index in [2.05, 4.69) is 16.9 Å². The Morgan fingerprint density at radius 2 is 1.61 bits per heavy atom. The molecule has 28 heavy (non-hydrogen) atoms. The first-order chi connectivity index (χ1) is 12.8. The van der Waals surface area contributed by atoms with Gasteiger partial charge < -0.3 is 20.1 Å². The molecule has 2 N–H and O–H groups in total. The molecule has 1 fully saturated rings. The maximum atomic E-state index is 12.6. The summed E-state index contributed by atoms with van der Waals surface area (Å²) in [5.41, 5.74) is 4.60. The number of ether oxygens (including phenoxy) is 2. The summed E-state index contributed by atoms with van der Waals surface area (Å²) >= 11 is 0. The SMILES string of the molecule is CN1CCC(CCCN(C(=O)OC(C)(C)C)C(N)=NC(=O)OC(C)(C)C)CC1. The summed E-state index contributed by atoms with van der Waals surface area (Å²) in [6, 6.07) is 0. The Balaban J connectivity index is 2.75. The molecule has 1 rings (SSSR count). The predicted molar refractivity (Wildman–Crippen MR) is 110 cm³/mol. The Hall–Kier alpha value is -1.83. The summed E-state index contributed by atoms with van der Waals surface area (Å²) in [5, 5.41) is 0. The van der Waals surface area contributed by atoms with Crippen LogP contribution in [-0.4, -0.2) is 65.8 Å². The van der Waals surface area contributed by atoms with E-state index in [0.29, 0.717) is 12.5 Å². The van der Waals surface area contributed by atoms with Gasteiger partial charge in [0.05, 0.1) is 0 Å². The third kappa shape index (κ3) is 9.92. The number of carbonyl (C=O) groups is 2. The predicted octanol–water partition coefficient (Wildman–Crippen LogP) is 3.60. The summed E-state index contributed by atoms with van der Waals surface area (Å²) in [4.78, 5) is 31.8. The van der Waals surface area contributed by atoms with Crippen LogP contribution in [-0.2, 0) is 9.47 Å². The first-order valence-electron chi connectivity index (χ1n) is 10.0. The van der Waals surface area contributed by atoms with Crippen LogP contribution in [0.25, 0.3) is 0 Å². The average molecular weight is 399 g/mol. The molecule has 0 aliphatic carbocycles. The molecule has 1 heterocycles. The van der Waals surface area contributed by atoms with E-state index >= 15 is 0 Å². The minimum absolute atomic E-state index is 0.202. The topological polar surface area (TPSA) is 97.5 Å². The second-order valence-electron chi connectivity index (χ2n) is 9.47. The van der Waals surface area contributed by atoms with Gasteiger partial charge in [0.2, 0.25) is 5.96 Å². The molecule has 0 spiro atoms. The second kappa shape index (κ2) is 10.1. The van der Waals surface area contributed by atoms with Crippen LogP contribution in [0.2, 0.25) is 0 Å². The van der Waals surface area contributed by atoms with Gasteiger partial charge >= 0.3 is 12.2 Å². The number of hydrogen-bond donors (Lipinski definition) is 1. The van der Waals surface area contributed by atoms with Gasteiger partial charge in [-0.3, -0.25) is 0 Å². The van der Waals surface area contributed by atoms with Crippen LogP contribution in [0.5, 0.6) is 0 Å². The summed E-state index contributed by atoms with van der Waals surface area (Å²) in [6.07, 6.45) is 2.63. The normalized spacial score (nSPS) is 17.3. The van der Waals surface area contributed by atoms with Crippen LogP contribution in [0, 0.1) is 5.92 Å². The highest BCUT2D eigenvalue weighted by Crippen LogP contribution is 2.21. The number of nitrogens with two attached hydrogens (primary N) is 1. The van der Waals surface area contributed by atoms with Gasteiger partial charge in [-0.15, -0.1) is 4.99 Å². The van der Waals surface area contributed by atoms with Crippen molar-refractivity contribution in [3.63, 3.8) is 0 Å². The molecule has 0 atom stereocenters. The largest absolute Gasteiger partial charge is 0.443 e. The van der Waals surface area contributed by atoms with Gasteiger partial charge in [-0.25, -0.2) is 14.5 Å². The second-order valence-corrected chi connectivity index (χ2v) is 9.47. The molecular formula is C20H38N4O4. The van der Waals surface area contributed by atoms with Crippen LogP contribution in [0.1, 0.15) is 67.2 Å². The Morgan fingerprint density at radius 1 is 1.07 bits per heavy atom. The van der Waals surface area contributed by atoms with E-state index in [1.165, 1.54) is 4.90 Å². The lowest BCUT2D eigenvalue weighted by Gasteiger charge is -2.30. The molecule has 8 nitrogen and oxygen atoms in total. The molecular weight excluding hydrogens is 360 g/mol. The van der Waals surface area contributed by atoms with Gasteiger partial charge in [0.15, 0.2) is 0 Å². The molecule has 1 aliphatic heterocycles. The molecule has 0 radical (unpaired) electrons. The van der Waals surface area contributed by atoms with Crippen LogP contribution in [0.3, 0.4) is 0 Å². The van der Waals surface area contributed by atoms with Gasteiger partial charge in [-0.1, -0.05) is 0 Å². The molecule has 162 valence electrons. The number of guanidine groups is 1. The van der Waals surface area contributed by atoms with Crippen molar-refractivity contribution in [2.24, 2.45) is 16.6 Å². The van der Waals surface area contributed by atoms with Gasteiger partial charge in [0.1, 0.15) is 11.2 Å². The van der Waals surface area contributed by atoms with E-state index in [9.17, 15) is 9.59 Å². The average Bonchev–Trinajstić information content (AvgIpc) is 2.49. The van der Waals surface area contributed by atoms with Crippen LogP contribution in [0.15, 0.2) is 4.99 Å². The highest BCUT2D eigenvalue weighted by molar-refractivity contribution is 5.98. The fraction of sp³-hybridized carbons (Fsp3) is 0.850. The van der Waals surface area contributed by atoms with Crippen LogP contribution >= 0.6 is 0 Å². The molecule has 0 aromatic heterocycles. The molecule has 0 aromatic carbocycles. The Bertz CT molecular complexity index is 556. The van der Waals surface area contributed by atoms with Gasteiger partial charge in [0, 0.05) is 6.54 Å². The molecule has 8 heteroatoms. The van der Waals surface area contributed by atoms with E-state index in [-0.39, 0.29) is 5.96 Å². The number of carbonyl (C=O) groups excluding carboxylic acids is 2. The number of nitrogens with zero attached hydrogens (tertiary/aromatic N) is 3. The quantitative estimate of drug-likeness (QED) is 0.574. The molecule has 0 saturated carbocycles. The van der Waals surface area contributed by atoms with Gasteiger partial charge in [0.25, 0.3) is 0 Å². The Morgan fingerprint density at radius 3 is 2.11 bits per heavy atom. The lowest BCUT2D eigenvalue weighted by molar-refractivity contribution is 0.0362. The van der Waals surface area contributed by atoms with E-state index < -0.39 is 23.4 Å². The summed E-state index contributed by atoms with van der Waals surface area (Å²) in [5.74, 6) is 0.438. The third-order valence-corrected chi connectivity index (χ3v) is 4.32. The molecule has 0 bridgehead atoms. The fourth-order valence-electron chi connectivity index (χ4n) is 2.94. The van der Waals surface area contributed by atoms with Crippen molar-refractivity contribution >= 4 is 18.1 Å². The highest BCUT2D eigenvalue weighted by atomic mass is 16.6. The first kappa shape index (κ1) is 24.2. The highest BCUT2D eigenvalue weighted by Gasteiger charge is 2.26. The van der Waals surface area contributed by atoms with Crippen molar-refractivity contribution in [3.05, 3.63) is 0 Å². The van der Waals surface area contributed by atoms with Crippen molar-refractivity contribution in [2.45, 2.75) is 78.4 Å². The van der Waals surface area contributed by atoms with Crippen LogP contribution in [0.4, 0.5) is 9.59 Å². The number of hydrogen-bond acceptors (Lipinski definition) is 5. The van der Waals surface area contributed by atoms with E-state index in [0.717, 1.165) is 38.8 Å². The zero-order valence-electron chi connectivity index (χ0n) is 18.6. The molecule has 2 amide bonds. The zero-order valence-corrected chi connectivity index (χ0v) is 18.6.